The van der Waals surface area contributed by atoms with Crippen molar-refractivity contribution >= 4 is 17.4 Å². The van der Waals surface area contributed by atoms with Gasteiger partial charge in [-0.3, -0.25) is 4.79 Å². The van der Waals surface area contributed by atoms with Gasteiger partial charge in [0.15, 0.2) is 0 Å². The predicted octanol–water partition coefficient (Wildman–Crippen LogP) is 2.05. The van der Waals surface area contributed by atoms with Gasteiger partial charge < -0.3 is 26.5 Å². The molecule has 0 aromatic carbocycles. The largest absolute Gasteiger partial charge is 0.417 e. The zero-order valence-electron chi connectivity index (χ0n) is 16.8. The zero-order valence-corrected chi connectivity index (χ0v) is 16.8. The summed E-state index contributed by atoms with van der Waals surface area (Å²) in [5, 5.41) is 28.9. The van der Waals surface area contributed by atoms with E-state index < -0.39 is 64.4 Å². The minimum Gasteiger partial charge on any atom is -0.385 e. The van der Waals surface area contributed by atoms with Crippen LogP contribution in [0, 0.1) is 28.6 Å². The summed E-state index contributed by atoms with van der Waals surface area (Å²) in [7, 11) is 0. The first-order chi connectivity index (χ1) is 15.3. The maximum absolute atomic E-state index is 13.5. The Morgan fingerprint density at radius 2 is 1.88 bits per heavy atom. The van der Waals surface area contributed by atoms with Crippen LogP contribution in [0.4, 0.5) is 32.2 Å². The summed E-state index contributed by atoms with van der Waals surface area (Å²) in [4.78, 5) is 16.9. The number of rotatable bonds is 3. The van der Waals surface area contributed by atoms with Crippen molar-refractivity contribution in [3.63, 3.8) is 0 Å². The molecule has 0 unspecified atom stereocenters. The van der Waals surface area contributed by atoms with Gasteiger partial charge in [0, 0.05) is 36.5 Å². The molecule has 1 aromatic rings. The van der Waals surface area contributed by atoms with Crippen molar-refractivity contribution in [3.8, 4) is 6.07 Å². The number of alkyl halides is 6. The van der Waals surface area contributed by atoms with Gasteiger partial charge in [0.05, 0.1) is 11.1 Å². The molecule has 2 aliphatic rings. The number of halogens is 6. The summed E-state index contributed by atoms with van der Waals surface area (Å²) < 4.78 is 80.2. The molecule has 1 saturated heterocycles. The van der Waals surface area contributed by atoms with E-state index in [1.54, 1.807) is 0 Å². The third kappa shape index (κ3) is 4.72. The van der Waals surface area contributed by atoms with E-state index in [4.69, 9.17) is 16.4 Å². The van der Waals surface area contributed by atoms with E-state index in [9.17, 15) is 36.2 Å². The highest BCUT2D eigenvalue weighted by Crippen LogP contribution is 2.40. The number of nitriles is 1. The lowest BCUT2D eigenvalue weighted by Gasteiger charge is -2.37. The molecule has 1 aromatic heterocycles. The van der Waals surface area contributed by atoms with Gasteiger partial charge in [-0.15, -0.1) is 0 Å². The molecular weight excluding hydrogens is 458 g/mol. The number of aliphatic hydroxyl groups is 1. The lowest BCUT2D eigenvalue weighted by Crippen LogP contribution is -2.54. The van der Waals surface area contributed by atoms with Gasteiger partial charge in [-0.05, 0) is 18.9 Å². The van der Waals surface area contributed by atoms with Crippen molar-refractivity contribution in [2.75, 3.05) is 18.0 Å². The summed E-state index contributed by atoms with van der Waals surface area (Å²) >= 11 is 0. The Morgan fingerprint density at radius 3 is 2.39 bits per heavy atom. The SMILES string of the molecule is N#Cc1cnc(N2CCC(C(=N)C3=C(N)NC(=O)[C@H](O)[C@@H]3C(F)(F)F)CC2)cc1C(F)(F)F. The third-order valence-corrected chi connectivity index (χ3v) is 5.63. The Labute approximate surface area is 183 Å². The van der Waals surface area contributed by atoms with E-state index in [0.29, 0.717) is 0 Å². The molecule has 5 N–H and O–H groups in total. The Balaban J connectivity index is 1.80. The topological polar surface area (TPSA) is 139 Å². The number of hydrogen-bond donors (Lipinski definition) is 4. The monoisotopic (exact) mass is 476 g/mol. The minimum atomic E-state index is -5.04. The number of hydrogen-bond acceptors (Lipinski definition) is 7. The number of carbonyl (C=O) groups is 1. The summed E-state index contributed by atoms with van der Waals surface area (Å²) in [5.74, 6) is -5.45. The number of aromatic nitrogens is 1. The average molecular weight is 476 g/mol. The van der Waals surface area contributed by atoms with Crippen LogP contribution in [-0.4, -0.2) is 47.1 Å². The van der Waals surface area contributed by atoms with Crippen LogP contribution in [0.5, 0.6) is 0 Å². The average Bonchev–Trinajstić information content (AvgIpc) is 2.73. The first-order valence-corrected chi connectivity index (χ1v) is 9.62. The summed E-state index contributed by atoms with van der Waals surface area (Å²) in [5.41, 5.74) is 2.56. The van der Waals surface area contributed by atoms with Gasteiger partial charge >= 0.3 is 12.4 Å². The molecule has 0 saturated carbocycles. The van der Waals surface area contributed by atoms with E-state index in [-0.39, 0.29) is 31.7 Å². The molecule has 2 aliphatic heterocycles. The second-order valence-corrected chi connectivity index (χ2v) is 7.65. The number of carbonyl (C=O) groups excluding carboxylic acids is 1. The van der Waals surface area contributed by atoms with E-state index in [1.165, 1.54) is 11.0 Å². The molecule has 33 heavy (non-hydrogen) atoms. The molecule has 1 fully saturated rings. The number of piperidine rings is 1. The van der Waals surface area contributed by atoms with Gasteiger partial charge in [-0.1, -0.05) is 0 Å². The Kier molecular flexibility index (Phi) is 6.29. The van der Waals surface area contributed by atoms with Crippen LogP contribution < -0.4 is 16.0 Å². The summed E-state index contributed by atoms with van der Waals surface area (Å²) in [6.07, 6.45) is -11.3. The molecule has 3 rings (SSSR count). The molecule has 0 radical (unpaired) electrons. The van der Waals surface area contributed by atoms with Crippen molar-refractivity contribution in [1.82, 2.24) is 10.3 Å². The van der Waals surface area contributed by atoms with Crippen molar-refractivity contribution in [3.05, 3.63) is 34.8 Å². The van der Waals surface area contributed by atoms with Crippen molar-refractivity contribution < 1.29 is 36.2 Å². The van der Waals surface area contributed by atoms with Crippen LogP contribution in [0.2, 0.25) is 0 Å². The number of nitrogens with zero attached hydrogens (tertiary/aromatic N) is 3. The number of amides is 1. The third-order valence-electron chi connectivity index (χ3n) is 5.63. The first-order valence-electron chi connectivity index (χ1n) is 9.62. The molecule has 8 nitrogen and oxygen atoms in total. The van der Waals surface area contributed by atoms with Gasteiger partial charge in [0.2, 0.25) is 0 Å². The molecular formula is C19H18F6N6O2. The fourth-order valence-corrected chi connectivity index (χ4v) is 3.96. The molecule has 178 valence electrons. The van der Waals surface area contributed by atoms with Gasteiger partial charge in [-0.25, -0.2) is 4.98 Å². The highest BCUT2D eigenvalue weighted by molar-refractivity contribution is 6.03. The van der Waals surface area contributed by atoms with Crippen molar-refractivity contribution in [2.24, 2.45) is 17.6 Å². The standard InChI is InChI=1S/C19H18F6N6O2/c20-18(21,22)10-5-11(29-7-9(10)6-26)31-3-1-8(2-4-31)14(27)12-13(19(23,24)25)15(32)17(33)30-16(12)28/h5,7-8,13,15,27,32H,1-4,28H2,(H,30,33)/t13-,15-/m1/s1. The van der Waals surface area contributed by atoms with Crippen LogP contribution in [0.25, 0.3) is 0 Å². The van der Waals surface area contributed by atoms with E-state index in [0.717, 1.165) is 12.3 Å². The highest BCUT2D eigenvalue weighted by atomic mass is 19.4. The molecule has 3 heterocycles. The second-order valence-electron chi connectivity index (χ2n) is 7.65. The zero-order chi connectivity index (χ0) is 24.7. The lowest BCUT2D eigenvalue weighted by molar-refractivity contribution is -0.192. The Hall–Kier alpha value is -3.34. The van der Waals surface area contributed by atoms with Crippen LogP contribution >= 0.6 is 0 Å². The Bertz CT molecular complexity index is 1040. The van der Waals surface area contributed by atoms with Gasteiger partial charge in [0.25, 0.3) is 5.91 Å². The van der Waals surface area contributed by atoms with Crippen LogP contribution in [0.15, 0.2) is 23.7 Å². The lowest BCUT2D eigenvalue weighted by atomic mass is 9.79. The summed E-state index contributed by atoms with van der Waals surface area (Å²) in [6.45, 7) is 0.143. The Morgan fingerprint density at radius 1 is 1.27 bits per heavy atom. The molecule has 1 amide bonds. The number of anilines is 1. The normalized spacial score (nSPS) is 22.7. The number of pyridine rings is 1. The van der Waals surface area contributed by atoms with Crippen molar-refractivity contribution in [2.45, 2.75) is 31.3 Å². The number of nitrogens with one attached hydrogen (secondary N) is 2. The van der Waals surface area contributed by atoms with Crippen LogP contribution in [-0.2, 0) is 11.0 Å². The smallest absolute Gasteiger partial charge is 0.385 e. The second kappa shape index (κ2) is 8.54. The minimum absolute atomic E-state index is 0.0569. The predicted molar refractivity (Wildman–Crippen MR) is 102 cm³/mol. The van der Waals surface area contributed by atoms with E-state index in [2.05, 4.69) is 4.98 Å². The first kappa shape index (κ1) is 24.3. The molecule has 0 bridgehead atoms. The number of aliphatic hydroxyl groups excluding tert-OH is 1. The molecule has 0 aliphatic carbocycles. The van der Waals surface area contributed by atoms with Gasteiger partial charge in [0.1, 0.15) is 29.7 Å². The maximum atomic E-state index is 13.5. The van der Waals surface area contributed by atoms with E-state index >= 15 is 0 Å². The molecule has 14 heteroatoms. The van der Waals surface area contributed by atoms with E-state index in [1.807, 2.05) is 5.32 Å². The van der Waals surface area contributed by atoms with Crippen LogP contribution in [0.3, 0.4) is 0 Å². The quantitative estimate of drug-likeness (QED) is 0.389. The maximum Gasteiger partial charge on any atom is 0.417 e. The fraction of sp³-hybridized carbons (Fsp3) is 0.474. The number of nitrogens with two attached hydrogens (primary N) is 1. The summed E-state index contributed by atoms with van der Waals surface area (Å²) in [6, 6.07) is 2.16. The van der Waals surface area contributed by atoms with Crippen molar-refractivity contribution in [1.29, 1.82) is 10.7 Å². The van der Waals surface area contributed by atoms with Crippen LogP contribution in [0.1, 0.15) is 24.0 Å². The highest BCUT2D eigenvalue weighted by Gasteiger charge is 2.53. The molecule has 2 atom stereocenters. The van der Waals surface area contributed by atoms with Gasteiger partial charge in [-0.2, -0.15) is 31.6 Å². The fourth-order valence-electron chi connectivity index (χ4n) is 3.96. The molecule has 0 spiro atoms.